The number of para-hydroxylation sites is 1. The molecule has 0 unspecified atom stereocenters. The molecule has 0 spiro atoms. The van der Waals surface area contributed by atoms with Crippen molar-refractivity contribution in [3.05, 3.63) is 101 Å². The molecule has 0 aliphatic carbocycles. The highest BCUT2D eigenvalue weighted by Crippen LogP contribution is 2.42. The molecule has 6 heteroatoms. The van der Waals surface area contributed by atoms with Crippen molar-refractivity contribution in [3.63, 3.8) is 0 Å². The molecular weight excluding hydrogens is 414 g/mol. The van der Waals surface area contributed by atoms with Gasteiger partial charge >= 0.3 is 0 Å². The first-order valence-electron chi connectivity index (χ1n) is 10.9. The lowest BCUT2D eigenvalue weighted by atomic mass is 9.95. The van der Waals surface area contributed by atoms with Gasteiger partial charge in [-0.15, -0.1) is 0 Å². The Balaban J connectivity index is 1.43. The van der Waals surface area contributed by atoms with Crippen LogP contribution in [0.25, 0.3) is 10.9 Å². The normalized spacial score (nSPS) is 15.0. The van der Waals surface area contributed by atoms with Gasteiger partial charge in [-0.25, -0.2) is 0 Å². The number of methoxy groups -OCH3 is 1. The molecule has 2 heterocycles. The van der Waals surface area contributed by atoms with E-state index in [-0.39, 0.29) is 24.4 Å². The molecule has 1 atom stereocenters. The van der Waals surface area contributed by atoms with Gasteiger partial charge in [0, 0.05) is 34.3 Å². The Labute approximate surface area is 192 Å². The average molecular weight is 440 g/mol. The zero-order chi connectivity index (χ0) is 22.9. The van der Waals surface area contributed by atoms with Crippen molar-refractivity contribution in [3.8, 4) is 5.75 Å². The molecule has 0 saturated carbocycles. The minimum absolute atomic E-state index is 0.0206. The predicted molar refractivity (Wildman–Crippen MR) is 127 cm³/mol. The molecule has 0 bridgehead atoms. The first kappa shape index (κ1) is 20.8. The average Bonchev–Trinajstić information content (AvgIpc) is 3.31. The van der Waals surface area contributed by atoms with Gasteiger partial charge in [0.25, 0.3) is 5.91 Å². The summed E-state index contributed by atoms with van der Waals surface area (Å²) in [4.78, 5) is 31.4. The number of benzene rings is 3. The number of aromatic amines is 1. The van der Waals surface area contributed by atoms with Crippen LogP contribution in [0.15, 0.2) is 72.8 Å². The molecule has 3 aromatic carbocycles. The van der Waals surface area contributed by atoms with Gasteiger partial charge < -0.3 is 19.9 Å². The second-order valence-electron chi connectivity index (χ2n) is 8.26. The monoisotopic (exact) mass is 439 g/mol. The zero-order valence-corrected chi connectivity index (χ0v) is 18.6. The molecule has 5 rings (SSSR count). The Morgan fingerprint density at radius 3 is 2.55 bits per heavy atom. The molecule has 4 aromatic rings. The van der Waals surface area contributed by atoms with Gasteiger partial charge in [-0.1, -0.05) is 48.5 Å². The molecule has 2 N–H and O–H groups in total. The van der Waals surface area contributed by atoms with Crippen molar-refractivity contribution in [1.29, 1.82) is 0 Å². The molecule has 2 amide bonds. The summed E-state index contributed by atoms with van der Waals surface area (Å²) in [6.07, 6.45) is 0. The molecule has 33 heavy (non-hydrogen) atoms. The highest BCUT2D eigenvalue weighted by molar-refractivity contribution is 6.02. The summed E-state index contributed by atoms with van der Waals surface area (Å²) in [5.74, 6) is 0.441. The van der Waals surface area contributed by atoms with E-state index in [2.05, 4.69) is 16.4 Å². The third-order valence-corrected chi connectivity index (χ3v) is 6.24. The van der Waals surface area contributed by atoms with Crippen molar-refractivity contribution in [2.45, 2.75) is 19.5 Å². The number of carbonyl (C=O) groups excluding carboxylic acids is 2. The number of fused-ring (bicyclic) bond motifs is 2. The van der Waals surface area contributed by atoms with Crippen LogP contribution in [0.2, 0.25) is 0 Å². The lowest BCUT2D eigenvalue weighted by molar-refractivity contribution is -0.122. The van der Waals surface area contributed by atoms with Crippen LogP contribution in [0.3, 0.4) is 0 Å². The third-order valence-electron chi connectivity index (χ3n) is 6.24. The number of rotatable bonds is 6. The van der Waals surface area contributed by atoms with E-state index in [1.54, 1.807) is 12.0 Å². The lowest BCUT2D eigenvalue weighted by Gasteiger charge is -2.25. The lowest BCUT2D eigenvalue weighted by Crippen LogP contribution is -2.39. The number of hydrogen-bond acceptors (Lipinski definition) is 3. The molecule has 1 aromatic heterocycles. The largest absolute Gasteiger partial charge is 0.497 e. The molecule has 1 aliphatic rings. The Kier molecular flexibility index (Phi) is 5.34. The van der Waals surface area contributed by atoms with Crippen LogP contribution in [0, 0.1) is 6.92 Å². The Bertz CT molecular complexity index is 1340. The molecule has 0 saturated heterocycles. The second kappa shape index (κ2) is 8.47. The van der Waals surface area contributed by atoms with E-state index in [0.29, 0.717) is 12.1 Å². The minimum atomic E-state index is -0.323. The summed E-state index contributed by atoms with van der Waals surface area (Å²) in [6.45, 7) is 2.38. The Hall–Kier alpha value is -4.06. The maximum Gasteiger partial charge on any atom is 0.255 e. The van der Waals surface area contributed by atoms with Crippen LogP contribution >= 0.6 is 0 Å². The van der Waals surface area contributed by atoms with Gasteiger partial charge in [0.1, 0.15) is 12.3 Å². The van der Waals surface area contributed by atoms with Crippen LogP contribution in [0.5, 0.6) is 5.75 Å². The standard InChI is InChI=1S/C27H25N3O3/c1-17-25(22-9-5-6-10-23(22)29-17)26-20-7-3-4-8-21(20)27(32)30(26)16-24(31)28-15-18-11-13-19(33-2)14-12-18/h3-14,26,29H,15-16H2,1-2H3,(H,28,31)/t26-/m1/s1. The molecule has 166 valence electrons. The number of aryl methyl sites for hydroxylation is 1. The highest BCUT2D eigenvalue weighted by atomic mass is 16.5. The van der Waals surface area contributed by atoms with Crippen molar-refractivity contribution in [2.24, 2.45) is 0 Å². The van der Waals surface area contributed by atoms with Gasteiger partial charge in [-0.3, -0.25) is 9.59 Å². The first-order valence-corrected chi connectivity index (χ1v) is 10.9. The molecular formula is C27H25N3O3. The van der Waals surface area contributed by atoms with Crippen LogP contribution in [0.4, 0.5) is 0 Å². The fourth-order valence-electron chi connectivity index (χ4n) is 4.65. The second-order valence-corrected chi connectivity index (χ2v) is 8.26. The number of H-pyrrole nitrogens is 1. The van der Waals surface area contributed by atoms with Gasteiger partial charge in [-0.2, -0.15) is 0 Å². The Morgan fingerprint density at radius 2 is 1.76 bits per heavy atom. The Morgan fingerprint density at radius 1 is 1.03 bits per heavy atom. The van der Waals surface area contributed by atoms with E-state index in [4.69, 9.17) is 4.74 Å². The number of carbonyl (C=O) groups is 2. The van der Waals surface area contributed by atoms with E-state index in [0.717, 1.165) is 39.0 Å². The number of aromatic nitrogens is 1. The van der Waals surface area contributed by atoms with Gasteiger partial charge in [0.05, 0.1) is 13.2 Å². The number of nitrogens with one attached hydrogen (secondary N) is 2. The summed E-state index contributed by atoms with van der Waals surface area (Å²) in [5.41, 5.74) is 5.59. The van der Waals surface area contributed by atoms with E-state index < -0.39 is 0 Å². The number of hydrogen-bond donors (Lipinski definition) is 2. The van der Waals surface area contributed by atoms with Crippen LogP contribution in [0.1, 0.15) is 38.8 Å². The summed E-state index contributed by atoms with van der Waals surface area (Å²) < 4.78 is 5.18. The minimum Gasteiger partial charge on any atom is -0.497 e. The SMILES string of the molecule is COc1ccc(CNC(=O)CN2C(=O)c3ccccc3[C@@H]2c2c(C)[nH]c3ccccc23)cc1. The van der Waals surface area contributed by atoms with Crippen LogP contribution < -0.4 is 10.1 Å². The first-order chi connectivity index (χ1) is 16.1. The fraction of sp³-hybridized carbons (Fsp3) is 0.185. The van der Waals surface area contributed by atoms with E-state index in [9.17, 15) is 9.59 Å². The quantitative estimate of drug-likeness (QED) is 0.469. The van der Waals surface area contributed by atoms with Crippen LogP contribution in [-0.2, 0) is 11.3 Å². The van der Waals surface area contributed by atoms with Crippen molar-refractivity contribution in [1.82, 2.24) is 15.2 Å². The zero-order valence-electron chi connectivity index (χ0n) is 18.6. The van der Waals surface area contributed by atoms with E-state index >= 15 is 0 Å². The number of nitrogens with zero attached hydrogens (tertiary/aromatic N) is 1. The highest BCUT2D eigenvalue weighted by Gasteiger charge is 2.40. The summed E-state index contributed by atoms with van der Waals surface area (Å²) in [7, 11) is 1.62. The van der Waals surface area contributed by atoms with Gasteiger partial charge in [0.2, 0.25) is 5.91 Å². The third kappa shape index (κ3) is 3.74. The molecule has 0 fully saturated rings. The topological polar surface area (TPSA) is 74.4 Å². The smallest absolute Gasteiger partial charge is 0.255 e. The van der Waals surface area contributed by atoms with E-state index in [1.165, 1.54) is 0 Å². The van der Waals surface area contributed by atoms with Gasteiger partial charge in [0.15, 0.2) is 0 Å². The number of amides is 2. The van der Waals surface area contributed by atoms with E-state index in [1.807, 2.05) is 73.7 Å². The molecule has 1 aliphatic heterocycles. The number of ether oxygens (including phenoxy) is 1. The summed E-state index contributed by atoms with van der Waals surface area (Å²) in [5, 5.41) is 4.01. The van der Waals surface area contributed by atoms with Crippen molar-refractivity contribution >= 4 is 22.7 Å². The van der Waals surface area contributed by atoms with Crippen molar-refractivity contribution in [2.75, 3.05) is 13.7 Å². The maximum atomic E-state index is 13.4. The van der Waals surface area contributed by atoms with Crippen LogP contribution in [-0.4, -0.2) is 35.4 Å². The summed E-state index contributed by atoms with van der Waals surface area (Å²) in [6, 6.07) is 22.9. The van der Waals surface area contributed by atoms with Gasteiger partial charge in [-0.05, 0) is 42.3 Å². The summed E-state index contributed by atoms with van der Waals surface area (Å²) >= 11 is 0. The fourth-order valence-corrected chi connectivity index (χ4v) is 4.65. The molecule has 0 radical (unpaired) electrons. The predicted octanol–water partition coefficient (Wildman–Crippen LogP) is 4.35. The molecule has 6 nitrogen and oxygen atoms in total. The maximum absolute atomic E-state index is 13.4. The van der Waals surface area contributed by atoms with Crippen molar-refractivity contribution < 1.29 is 14.3 Å².